The summed E-state index contributed by atoms with van der Waals surface area (Å²) in [5.74, 6) is -0.149. The van der Waals surface area contributed by atoms with E-state index in [0.717, 1.165) is 24.5 Å². The fourth-order valence-corrected chi connectivity index (χ4v) is 2.35. The van der Waals surface area contributed by atoms with E-state index in [4.69, 9.17) is 0 Å². The monoisotopic (exact) mass is 270 g/mol. The van der Waals surface area contributed by atoms with Gasteiger partial charge in [0.05, 0.1) is 12.1 Å². The molecule has 0 saturated carbocycles. The molecule has 0 aliphatic carbocycles. The summed E-state index contributed by atoms with van der Waals surface area (Å²) in [4.78, 5) is 16.6. The van der Waals surface area contributed by atoms with Gasteiger partial charge in [-0.2, -0.15) is 0 Å². The number of thiazole rings is 1. The lowest BCUT2D eigenvalue weighted by Gasteiger charge is -2.13. The van der Waals surface area contributed by atoms with Gasteiger partial charge in [0, 0.05) is 29.5 Å². The van der Waals surface area contributed by atoms with Gasteiger partial charge >= 0.3 is 5.97 Å². The molecule has 0 aromatic carbocycles. The van der Waals surface area contributed by atoms with Crippen LogP contribution in [-0.4, -0.2) is 24.6 Å². The summed E-state index contributed by atoms with van der Waals surface area (Å²) in [5.41, 5.74) is 0.119. The number of carbonyl (C=O) groups excluding carboxylic acids is 1. The number of hydrogen-bond acceptors (Lipinski definition) is 5. The van der Waals surface area contributed by atoms with Gasteiger partial charge in [0.25, 0.3) is 0 Å². The van der Waals surface area contributed by atoms with Crippen LogP contribution in [0.5, 0.6) is 0 Å². The number of rotatable bonds is 6. The average molecular weight is 270 g/mol. The lowest BCUT2D eigenvalue weighted by molar-refractivity contribution is -0.140. The number of nitrogens with zero attached hydrogens (tertiary/aromatic N) is 1. The molecule has 4 nitrogen and oxygen atoms in total. The lowest BCUT2D eigenvalue weighted by atomic mass is 9.98. The van der Waals surface area contributed by atoms with E-state index < -0.39 is 0 Å². The highest BCUT2D eigenvalue weighted by molar-refractivity contribution is 7.11. The number of nitrogens with one attached hydrogen (secondary N) is 1. The zero-order chi connectivity index (χ0) is 13.6. The van der Waals surface area contributed by atoms with Gasteiger partial charge in [0.1, 0.15) is 0 Å². The van der Waals surface area contributed by atoms with Gasteiger partial charge in [-0.25, -0.2) is 4.98 Å². The summed E-state index contributed by atoms with van der Waals surface area (Å²) in [6, 6.07) is 0. The molecule has 0 fully saturated rings. The fourth-order valence-electron chi connectivity index (χ4n) is 1.41. The van der Waals surface area contributed by atoms with Gasteiger partial charge in [-0.3, -0.25) is 4.79 Å². The molecule has 0 aliphatic heterocycles. The van der Waals surface area contributed by atoms with Gasteiger partial charge in [0.2, 0.25) is 0 Å². The summed E-state index contributed by atoms with van der Waals surface area (Å²) in [7, 11) is 1.42. The lowest BCUT2D eigenvalue weighted by Crippen LogP contribution is -2.15. The Labute approximate surface area is 113 Å². The highest BCUT2D eigenvalue weighted by atomic mass is 32.1. The second-order valence-electron chi connectivity index (χ2n) is 5.24. The molecule has 0 amide bonds. The van der Waals surface area contributed by atoms with Crippen molar-refractivity contribution in [1.82, 2.24) is 10.3 Å². The SMILES string of the molecule is COC(=O)CCCNCc1cnc(C(C)(C)C)s1. The van der Waals surface area contributed by atoms with E-state index in [0.29, 0.717) is 6.42 Å². The van der Waals surface area contributed by atoms with Crippen LogP contribution in [0.3, 0.4) is 0 Å². The second-order valence-corrected chi connectivity index (χ2v) is 6.35. The number of methoxy groups -OCH3 is 1. The molecule has 0 bridgehead atoms. The maximum atomic E-state index is 10.9. The molecule has 102 valence electrons. The minimum absolute atomic E-state index is 0.119. The molecule has 0 spiro atoms. The van der Waals surface area contributed by atoms with E-state index in [-0.39, 0.29) is 11.4 Å². The molecule has 1 heterocycles. The van der Waals surface area contributed by atoms with E-state index in [1.54, 1.807) is 11.3 Å². The third kappa shape index (κ3) is 5.14. The third-order valence-corrected chi connectivity index (χ3v) is 3.88. The van der Waals surface area contributed by atoms with E-state index in [2.05, 4.69) is 35.8 Å². The van der Waals surface area contributed by atoms with Crippen LogP contribution < -0.4 is 5.32 Å². The molecule has 0 unspecified atom stereocenters. The molecule has 1 aromatic rings. The Hall–Kier alpha value is -0.940. The number of ether oxygens (including phenoxy) is 1. The van der Waals surface area contributed by atoms with Gasteiger partial charge in [-0.1, -0.05) is 20.8 Å². The zero-order valence-corrected chi connectivity index (χ0v) is 12.4. The fraction of sp³-hybridized carbons (Fsp3) is 0.692. The summed E-state index contributed by atoms with van der Waals surface area (Å²) in [6.07, 6.45) is 3.20. The first kappa shape index (κ1) is 15.1. The summed E-state index contributed by atoms with van der Waals surface area (Å²) in [6.45, 7) is 8.13. The van der Waals surface area contributed by atoms with Crippen LogP contribution >= 0.6 is 11.3 Å². The molecular formula is C13H22N2O2S. The quantitative estimate of drug-likeness (QED) is 0.637. The van der Waals surface area contributed by atoms with Crippen molar-refractivity contribution in [2.24, 2.45) is 0 Å². The summed E-state index contributed by atoms with van der Waals surface area (Å²) < 4.78 is 4.58. The number of aromatic nitrogens is 1. The van der Waals surface area contributed by atoms with Crippen LogP contribution in [0, 0.1) is 0 Å². The van der Waals surface area contributed by atoms with E-state index in [1.165, 1.54) is 12.0 Å². The Bertz CT molecular complexity index is 383. The van der Waals surface area contributed by atoms with E-state index >= 15 is 0 Å². The van der Waals surface area contributed by atoms with Gasteiger partial charge in [-0.15, -0.1) is 11.3 Å². The minimum atomic E-state index is -0.149. The van der Waals surface area contributed by atoms with Crippen LogP contribution in [0.25, 0.3) is 0 Å². The van der Waals surface area contributed by atoms with E-state index in [9.17, 15) is 4.79 Å². The van der Waals surface area contributed by atoms with Crippen molar-refractivity contribution in [3.63, 3.8) is 0 Å². The normalized spacial score (nSPS) is 11.6. The molecule has 1 aromatic heterocycles. The molecular weight excluding hydrogens is 248 g/mol. The number of carbonyl (C=O) groups is 1. The molecule has 0 radical (unpaired) electrons. The van der Waals surface area contributed by atoms with Crippen LogP contribution in [0.4, 0.5) is 0 Å². The third-order valence-electron chi connectivity index (χ3n) is 2.46. The second kappa shape index (κ2) is 6.85. The maximum absolute atomic E-state index is 10.9. The Morgan fingerprint density at radius 2 is 2.22 bits per heavy atom. The Morgan fingerprint density at radius 3 is 2.78 bits per heavy atom. The van der Waals surface area contributed by atoms with Crippen molar-refractivity contribution < 1.29 is 9.53 Å². The highest BCUT2D eigenvalue weighted by Crippen LogP contribution is 2.26. The summed E-state index contributed by atoms with van der Waals surface area (Å²) in [5, 5.41) is 4.47. The zero-order valence-electron chi connectivity index (χ0n) is 11.6. The number of hydrogen-bond donors (Lipinski definition) is 1. The Balaban J connectivity index is 2.24. The molecule has 5 heteroatoms. The highest BCUT2D eigenvalue weighted by Gasteiger charge is 2.17. The van der Waals surface area contributed by atoms with Crippen molar-refractivity contribution >= 4 is 17.3 Å². The topological polar surface area (TPSA) is 51.2 Å². The summed E-state index contributed by atoms with van der Waals surface area (Å²) >= 11 is 1.74. The van der Waals surface area contributed by atoms with E-state index in [1.807, 2.05) is 6.20 Å². The first-order chi connectivity index (χ1) is 8.43. The van der Waals surface area contributed by atoms with Crippen molar-refractivity contribution in [1.29, 1.82) is 0 Å². The van der Waals surface area contributed by atoms with Crippen molar-refractivity contribution in [3.05, 3.63) is 16.1 Å². The average Bonchev–Trinajstić information content (AvgIpc) is 2.76. The smallest absolute Gasteiger partial charge is 0.305 e. The number of esters is 1. The van der Waals surface area contributed by atoms with Crippen molar-refractivity contribution in [3.8, 4) is 0 Å². The Morgan fingerprint density at radius 1 is 1.50 bits per heavy atom. The Kier molecular flexibility index (Phi) is 5.75. The predicted octanol–water partition coefficient (Wildman–Crippen LogP) is 2.48. The maximum Gasteiger partial charge on any atom is 0.305 e. The molecule has 1 N–H and O–H groups in total. The molecule has 18 heavy (non-hydrogen) atoms. The predicted molar refractivity (Wildman–Crippen MR) is 73.8 cm³/mol. The van der Waals surface area contributed by atoms with Gasteiger partial charge in [-0.05, 0) is 13.0 Å². The largest absolute Gasteiger partial charge is 0.469 e. The van der Waals surface area contributed by atoms with Crippen LogP contribution in [0.15, 0.2) is 6.20 Å². The molecule has 1 rings (SSSR count). The van der Waals surface area contributed by atoms with Gasteiger partial charge < -0.3 is 10.1 Å². The standard InChI is InChI=1S/C13H22N2O2S/c1-13(2,3)12-15-9-10(18-12)8-14-7-5-6-11(16)17-4/h9,14H,5-8H2,1-4H3. The minimum Gasteiger partial charge on any atom is -0.469 e. The molecule has 0 aliphatic rings. The van der Waals surface area contributed by atoms with Crippen molar-refractivity contribution in [2.75, 3.05) is 13.7 Å². The van der Waals surface area contributed by atoms with Crippen LogP contribution in [0.2, 0.25) is 0 Å². The van der Waals surface area contributed by atoms with Crippen molar-refractivity contribution in [2.45, 2.75) is 45.6 Å². The van der Waals surface area contributed by atoms with Gasteiger partial charge in [0.15, 0.2) is 0 Å². The first-order valence-electron chi connectivity index (χ1n) is 6.16. The first-order valence-corrected chi connectivity index (χ1v) is 6.98. The molecule has 0 atom stereocenters. The van der Waals surface area contributed by atoms with Crippen LogP contribution in [-0.2, 0) is 21.5 Å². The van der Waals surface area contributed by atoms with Crippen LogP contribution in [0.1, 0.15) is 43.5 Å². The molecule has 0 saturated heterocycles.